The largest absolute Gasteiger partial charge is 0.396 e. The fourth-order valence-corrected chi connectivity index (χ4v) is 2.01. The second-order valence-electron chi connectivity index (χ2n) is 4.32. The van der Waals surface area contributed by atoms with Gasteiger partial charge in [-0.05, 0) is 18.6 Å². The molecule has 6 nitrogen and oxygen atoms in total. The van der Waals surface area contributed by atoms with Gasteiger partial charge in [0.25, 0.3) is 5.91 Å². The van der Waals surface area contributed by atoms with Crippen LogP contribution in [-0.2, 0) is 4.74 Å². The van der Waals surface area contributed by atoms with Gasteiger partial charge in [0.05, 0.1) is 18.4 Å². The lowest BCUT2D eigenvalue weighted by Gasteiger charge is -2.34. The van der Waals surface area contributed by atoms with Crippen molar-refractivity contribution in [2.75, 3.05) is 30.3 Å². The fourth-order valence-electron chi connectivity index (χ4n) is 2.01. The van der Waals surface area contributed by atoms with Gasteiger partial charge in [-0.2, -0.15) is 0 Å². The molecule has 0 aromatic carbocycles. The summed E-state index contributed by atoms with van der Waals surface area (Å²) in [7, 11) is 0. The molecule has 1 amide bonds. The van der Waals surface area contributed by atoms with Crippen LogP contribution < -0.4 is 16.4 Å². The van der Waals surface area contributed by atoms with Crippen LogP contribution in [0.4, 0.5) is 11.5 Å². The van der Waals surface area contributed by atoms with E-state index in [0.29, 0.717) is 18.1 Å². The maximum Gasteiger partial charge on any atom is 0.267 e. The molecule has 0 aliphatic carbocycles. The fraction of sp³-hybridized carbons (Fsp3) is 0.500. The smallest absolute Gasteiger partial charge is 0.267 e. The highest BCUT2D eigenvalue weighted by Gasteiger charge is 2.22. The Morgan fingerprint density at radius 3 is 3.06 bits per heavy atom. The average molecular weight is 250 g/mol. The molecular weight excluding hydrogens is 232 g/mol. The molecule has 0 bridgehead atoms. The summed E-state index contributed by atoms with van der Waals surface area (Å²) in [5, 5.41) is 0. The number of aromatic nitrogens is 1. The summed E-state index contributed by atoms with van der Waals surface area (Å²) < 4.78 is 5.59. The topological polar surface area (TPSA) is 94.5 Å². The van der Waals surface area contributed by atoms with Crippen LogP contribution in [0, 0.1) is 0 Å². The highest BCUT2D eigenvalue weighted by Crippen LogP contribution is 2.23. The second-order valence-corrected chi connectivity index (χ2v) is 4.32. The molecule has 0 radical (unpaired) electrons. The molecule has 1 aliphatic rings. The molecule has 1 aliphatic heterocycles. The van der Waals surface area contributed by atoms with E-state index in [9.17, 15) is 4.79 Å². The number of nitrogen functional groups attached to an aromatic ring is 1. The number of carbonyl (C=O) groups is 1. The van der Waals surface area contributed by atoms with Crippen molar-refractivity contribution in [3.05, 3.63) is 17.8 Å². The molecule has 1 saturated heterocycles. The average Bonchev–Trinajstić information content (AvgIpc) is 2.39. The van der Waals surface area contributed by atoms with Crippen molar-refractivity contribution >= 4 is 17.4 Å². The molecule has 6 heteroatoms. The van der Waals surface area contributed by atoms with Crippen LogP contribution in [-0.4, -0.2) is 36.7 Å². The van der Waals surface area contributed by atoms with E-state index in [1.807, 2.05) is 4.90 Å². The molecule has 18 heavy (non-hydrogen) atoms. The van der Waals surface area contributed by atoms with Crippen molar-refractivity contribution in [3.63, 3.8) is 0 Å². The maximum atomic E-state index is 11.1. The zero-order valence-electron chi connectivity index (χ0n) is 10.4. The van der Waals surface area contributed by atoms with Gasteiger partial charge in [-0.15, -0.1) is 0 Å². The third kappa shape index (κ3) is 2.53. The Kier molecular flexibility index (Phi) is 3.66. The van der Waals surface area contributed by atoms with Gasteiger partial charge in [-0.3, -0.25) is 4.79 Å². The molecule has 4 N–H and O–H groups in total. The SMILES string of the molecule is CCC1CN(c2nc(C(N)=O)ccc2N)CCO1. The van der Waals surface area contributed by atoms with Crippen LogP contribution in [0.1, 0.15) is 23.8 Å². The number of pyridine rings is 1. The highest BCUT2D eigenvalue weighted by molar-refractivity contribution is 5.91. The summed E-state index contributed by atoms with van der Waals surface area (Å²) in [5.41, 5.74) is 11.9. The number of amides is 1. The van der Waals surface area contributed by atoms with Crippen molar-refractivity contribution in [1.29, 1.82) is 0 Å². The third-order valence-electron chi connectivity index (χ3n) is 3.05. The van der Waals surface area contributed by atoms with Crippen LogP contribution in [0.5, 0.6) is 0 Å². The van der Waals surface area contributed by atoms with Crippen molar-refractivity contribution in [2.24, 2.45) is 5.73 Å². The van der Waals surface area contributed by atoms with E-state index >= 15 is 0 Å². The second kappa shape index (κ2) is 5.22. The molecule has 1 aromatic heterocycles. The Labute approximate surface area is 106 Å². The van der Waals surface area contributed by atoms with Crippen LogP contribution in [0.2, 0.25) is 0 Å². The van der Waals surface area contributed by atoms with Gasteiger partial charge in [0.1, 0.15) is 5.69 Å². The molecule has 1 atom stereocenters. The quantitative estimate of drug-likeness (QED) is 0.808. The van der Waals surface area contributed by atoms with E-state index in [0.717, 1.165) is 19.5 Å². The third-order valence-corrected chi connectivity index (χ3v) is 3.05. The van der Waals surface area contributed by atoms with Gasteiger partial charge >= 0.3 is 0 Å². The summed E-state index contributed by atoms with van der Waals surface area (Å²) in [6, 6.07) is 3.21. The molecule has 0 spiro atoms. The van der Waals surface area contributed by atoms with E-state index in [4.69, 9.17) is 16.2 Å². The van der Waals surface area contributed by atoms with E-state index < -0.39 is 5.91 Å². The minimum atomic E-state index is -0.545. The number of carbonyl (C=O) groups excluding carboxylic acids is 1. The number of rotatable bonds is 3. The number of primary amides is 1. The Balaban J connectivity index is 2.26. The van der Waals surface area contributed by atoms with Crippen molar-refractivity contribution < 1.29 is 9.53 Å². The summed E-state index contributed by atoms with van der Waals surface area (Å²) in [5.74, 6) is 0.0737. The van der Waals surface area contributed by atoms with Gasteiger partial charge < -0.3 is 21.1 Å². The molecule has 98 valence electrons. The van der Waals surface area contributed by atoms with E-state index in [2.05, 4.69) is 11.9 Å². The minimum absolute atomic E-state index is 0.178. The van der Waals surface area contributed by atoms with Crippen LogP contribution in [0.3, 0.4) is 0 Å². The normalized spacial score (nSPS) is 19.8. The number of morpholine rings is 1. The zero-order valence-corrected chi connectivity index (χ0v) is 10.4. The Bertz CT molecular complexity index is 450. The molecule has 2 heterocycles. The Morgan fingerprint density at radius 1 is 1.61 bits per heavy atom. The van der Waals surface area contributed by atoms with Crippen LogP contribution >= 0.6 is 0 Å². The van der Waals surface area contributed by atoms with Crippen molar-refractivity contribution in [3.8, 4) is 0 Å². The summed E-state index contributed by atoms with van der Waals surface area (Å²) in [4.78, 5) is 17.4. The molecule has 0 saturated carbocycles. The van der Waals surface area contributed by atoms with Gasteiger partial charge in [0.2, 0.25) is 0 Å². The molecule has 2 rings (SSSR count). The number of nitrogens with two attached hydrogens (primary N) is 2. The van der Waals surface area contributed by atoms with Gasteiger partial charge in [0.15, 0.2) is 5.82 Å². The summed E-state index contributed by atoms with van der Waals surface area (Å²) in [6.07, 6.45) is 1.11. The van der Waals surface area contributed by atoms with E-state index in [1.54, 1.807) is 12.1 Å². The van der Waals surface area contributed by atoms with Crippen molar-refractivity contribution in [2.45, 2.75) is 19.4 Å². The number of hydrogen-bond donors (Lipinski definition) is 2. The van der Waals surface area contributed by atoms with Gasteiger partial charge in [-0.1, -0.05) is 6.92 Å². The van der Waals surface area contributed by atoms with Gasteiger partial charge in [0, 0.05) is 13.1 Å². The maximum absolute atomic E-state index is 11.1. The first-order valence-electron chi connectivity index (χ1n) is 6.04. The lowest BCUT2D eigenvalue weighted by Crippen LogP contribution is -2.43. The van der Waals surface area contributed by atoms with Crippen molar-refractivity contribution in [1.82, 2.24) is 4.98 Å². The number of hydrogen-bond acceptors (Lipinski definition) is 5. The summed E-state index contributed by atoms with van der Waals surface area (Å²) >= 11 is 0. The molecule has 1 unspecified atom stereocenters. The first-order valence-corrected chi connectivity index (χ1v) is 6.04. The first-order chi connectivity index (χ1) is 8.61. The standard InChI is InChI=1S/C12H18N4O2/c1-2-8-7-16(5-6-18-8)12-9(13)3-4-10(15-12)11(14)17/h3-4,8H,2,5-7,13H2,1H3,(H2,14,17). The number of ether oxygens (including phenoxy) is 1. The number of nitrogens with zero attached hydrogens (tertiary/aromatic N) is 2. The monoisotopic (exact) mass is 250 g/mol. The lowest BCUT2D eigenvalue weighted by atomic mass is 10.2. The minimum Gasteiger partial charge on any atom is -0.396 e. The zero-order chi connectivity index (χ0) is 13.1. The Morgan fingerprint density at radius 2 is 2.39 bits per heavy atom. The van der Waals surface area contributed by atoms with E-state index in [-0.39, 0.29) is 11.8 Å². The first kappa shape index (κ1) is 12.6. The molecule has 1 aromatic rings. The lowest BCUT2D eigenvalue weighted by molar-refractivity contribution is 0.0382. The molecule has 1 fully saturated rings. The predicted octanol–water partition coefficient (Wildman–Crippen LogP) is 0.378. The highest BCUT2D eigenvalue weighted by atomic mass is 16.5. The van der Waals surface area contributed by atoms with Gasteiger partial charge in [-0.25, -0.2) is 4.98 Å². The van der Waals surface area contributed by atoms with Crippen LogP contribution in [0.25, 0.3) is 0 Å². The predicted molar refractivity (Wildman–Crippen MR) is 69.4 cm³/mol. The molecular formula is C12H18N4O2. The van der Waals surface area contributed by atoms with Crippen LogP contribution in [0.15, 0.2) is 12.1 Å². The number of anilines is 2. The Hall–Kier alpha value is -1.82. The summed E-state index contributed by atoms with van der Waals surface area (Å²) in [6.45, 7) is 4.16. The van der Waals surface area contributed by atoms with E-state index in [1.165, 1.54) is 0 Å².